The summed E-state index contributed by atoms with van der Waals surface area (Å²) in [5, 5.41) is 11.9. The predicted octanol–water partition coefficient (Wildman–Crippen LogP) is 2.83. The van der Waals surface area contributed by atoms with Gasteiger partial charge in [-0.05, 0) is 18.1 Å². The zero-order valence-electron chi connectivity index (χ0n) is 13.4. The van der Waals surface area contributed by atoms with Gasteiger partial charge in [0.2, 0.25) is 0 Å². The molecule has 0 aliphatic carbocycles. The molecular formula is C17H15FN4O2. The zero-order chi connectivity index (χ0) is 17.4. The zero-order valence-corrected chi connectivity index (χ0v) is 13.4. The lowest BCUT2D eigenvalue weighted by molar-refractivity contribution is 0.411. The average molecular weight is 326 g/mol. The number of fused-ring (bicyclic) bond motifs is 1. The Labute approximate surface area is 137 Å². The average Bonchev–Trinajstić information content (AvgIpc) is 2.97. The Morgan fingerprint density at radius 3 is 2.75 bits per heavy atom. The molecule has 122 valence electrons. The highest BCUT2D eigenvalue weighted by Gasteiger charge is 2.20. The first-order chi connectivity index (χ1) is 11.5. The van der Waals surface area contributed by atoms with Crippen LogP contribution in [0.4, 0.5) is 4.39 Å². The van der Waals surface area contributed by atoms with E-state index in [1.807, 2.05) is 19.9 Å². The minimum atomic E-state index is -0.490. The molecule has 0 radical (unpaired) electrons. The highest BCUT2D eigenvalue weighted by Crippen LogP contribution is 2.29. The molecule has 3 rings (SSSR count). The number of aromatic amines is 1. The van der Waals surface area contributed by atoms with Crippen LogP contribution >= 0.6 is 0 Å². The number of nitrogens with one attached hydrogen (secondary N) is 1. The van der Waals surface area contributed by atoms with Crippen LogP contribution in [-0.2, 0) is 0 Å². The van der Waals surface area contributed by atoms with Crippen LogP contribution in [0.25, 0.3) is 16.9 Å². The van der Waals surface area contributed by atoms with Crippen LogP contribution in [-0.4, -0.2) is 21.7 Å². The maximum absolute atomic E-state index is 13.9. The van der Waals surface area contributed by atoms with Crippen LogP contribution in [0.1, 0.15) is 30.9 Å². The molecule has 24 heavy (non-hydrogen) atoms. The second kappa shape index (κ2) is 5.81. The number of halogens is 1. The third-order valence-electron chi connectivity index (χ3n) is 3.78. The molecule has 1 aromatic carbocycles. The highest BCUT2D eigenvalue weighted by molar-refractivity contribution is 5.69. The number of methoxy groups -OCH3 is 1. The lowest BCUT2D eigenvalue weighted by atomic mass is 9.98. The van der Waals surface area contributed by atoms with Crippen molar-refractivity contribution in [2.24, 2.45) is 0 Å². The van der Waals surface area contributed by atoms with Gasteiger partial charge in [-0.1, -0.05) is 13.8 Å². The van der Waals surface area contributed by atoms with Crippen molar-refractivity contribution in [2.45, 2.75) is 19.8 Å². The first-order valence-electron chi connectivity index (χ1n) is 7.35. The minimum Gasteiger partial charge on any atom is -0.497 e. The summed E-state index contributed by atoms with van der Waals surface area (Å²) in [6, 6.07) is 6.15. The van der Waals surface area contributed by atoms with Gasteiger partial charge in [0.1, 0.15) is 23.2 Å². The van der Waals surface area contributed by atoms with Gasteiger partial charge in [-0.2, -0.15) is 5.26 Å². The van der Waals surface area contributed by atoms with Crippen molar-refractivity contribution in [3.8, 4) is 23.1 Å². The highest BCUT2D eigenvalue weighted by atomic mass is 19.1. The van der Waals surface area contributed by atoms with Crippen LogP contribution in [0, 0.1) is 17.1 Å². The molecule has 0 amide bonds. The molecule has 6 nitrogen and oxygen atoms in total. The van der Waals surface area contributed by atoms with Crippen molar-refractivity contribution >= 4 is 5.65 Å². The summed E-state index contributed by atoms with van der Waals surface area (Å²) >= 11 is 0. The van der Waals surface area contributed by atoms with Gasteiger partial charge >= 0.3 is 0 Å². The SMILES string of the molecule is COc1cc(F)cc(-c2nc3c(C#N)c[nH]n3c(=O)c2C(C)C)c1. The Balaban J connectivity index is 2.42. The molecule has 7 heteroatoms. The lowest BCUT2D eigenvalue weighted by Gasteiger charge is -2.13. The summed E-state index contributed by atoms with van der Waals surface area (Å²) in [7, 11) is 1.44. The van der Waals surface area contributed by atoms with E-state index in [1.54, 1.807) is 6.07 Å². The van der Waals surface area contributed by atoms with Crippen molar-refractivity contribution in [1.29, 1.82) is 5.26 Å². The van der Waals surface area contributed by atoms with Gasteiger partial charge in [0.05, 0.1) is 12.8 Å². The van der Waals surface area contributed by atoms with Gasteiger partial charge in [0.15, 0.2) is 5.65 Å². The van der Waals surface area contributed by atoms with Gasteiger partial charge in [-0.25, -0.2) is 13.9 Å². The molecule has 0 bridgehead atoms. The van der Waals surface area contributed by atoms with Crippen molar-refractivity contribution in [1.82, 2.24) is 14.6 Å². The van der Waals surface area contributed by atoms with Crippen molar-refractivity contribution in [2.75, 3.05) is 7.11 Å². The monoisotopic (exact) mass is 326 g/mol. The summed E-state index contributed by atoms with van der Waals surface area (Å²) in [6.07, 6.45) is 1.42. The van der Waals surface area contributed by atoms with E-state index in [1.165, 1.54) is 30.0 Å². The molecule has 2 aromatic heterocycles. The van der Waals surface area contributed by atoms with E-state index in [2.05, 4.69) is 10.1 Å². The number of benzene rings is 1. The van der Waals surface area contributed by atoms with Gasteiger partial charge in [-0.3, -0.25) is 9.89 Å². The predicted molar refractivity (Wildman–Crippen MR) is 86.6 cm³/mol. The first kappa shape index (κ1) is 15.7. The van der Waals surface area contributed by atoms with Gasteiger partial charge in [0, 0.05) is 23.4 Å². The second-order valence-electron chi connectivity index (χ2n) is 5.67. The van der Waals surface area contributed by atoms with Crippen molar-refractivity contribution in [3.63, 3.8) is 0 Å². The Bertz CT molecular complexity index is 1030. The summed E-state index contributed by atoms with van der Waals surface area (Å²) < 4.78 is 20.2. The van der Waals surface area contributed by atoms with E-state index in [4.69, 9.17) is 4.74 Å². The van der Waals surface area contributed by atoms with Crippen LogP contribution in [0.3, 0.4) is 0 Å². The summed E-state index contributed by atoms with van der Waals surface area (Å²) in [5.74, 6) is -0.299. The molecule has 0 unspecified atom stereocenters. The Morgan fingerprint density at radius 1 is 1.38 bits per heavy atom. The molecule has 0 spiro atoms. The number of rotatable bonds is 3. The Kier molecular flexibility index (Phi) is 3.81. The molecule has 1 N–H and O–H groups in total. The molecular weight excluding hydrogens is 311 g/mol. The molecule has 0 aliphatic heterocycles. The summed E-state index contributed by atoms with van der Waals surface area (Å²) in [6.45, 7) is 3.72. The molecule has 0 saturated carbocycles. The van der Waals surface area contributed by atoms with E-state index >= 15 is 0 Å². The van der Waals surface area contributed by atoms with Crippen molar-refractivity contribution < 1.29 is 9.13 Å². The molecule has 0 atom stereocenters. The topological polar surface area (TPSA) is 83.2 Å². The number of H-pyrrole nitrogens is 1. The van der Waals surface area contributed by atoms with Gasteiger partial charge in [-0.15, -0.1) is 0 Å². The van der Waals surface area contributed by atoms with Gasteiger partial charge < -0.3 is 4.74 Å². The standard InChI is InChI=1S/C17H15FN4O2/c1-9(2)14-15(10-4-12(18)6-13(5-10)24-3)21-16-11(7-19)8-20-22(16)17(14)23/h4-6,8-9,20H,1-3H3. The van der Waals surface area contributed by atoms with E-state index in [0.717, 1.165) is 0 Å². The smallest absolute Gasteiger partial charge is 0.276 e. The van der Waals surface area contributed by atoms with Crippen LogP contribution in [0.15, 0.2) is 29.2 Å². The molecule has 0 aliphatic rings. The normalized spacial score (nSPS) is 11.0. The number of ether oxygens (including phenoxy) is 1. The fourth-order valence-electron chi connectivity index (χ4n) is 2.67. The third-order valence-corrected chi connectivity index (χ3v) is 3.78. The molecule has 0 fully saturated rings. The summed E-state index contributed by atoms with van der Waals surface area (Å²) in [4.78, 5) is 17.3. The second-order valence-corrected chi connectivity index (χ2v) is 5.67. The number of aromatic nitrogens is 3. The molecule has 0 saturated heterocycles. The van der Waals surface area contributed by atoms with E-state index in [9.17, 15) is 14.4 Å². The minimum absolute atomic E-state index is 0.139. The summed E-state index contributed by atoms with van der Waals surface area (Å²) in [5.41, 5.74) is 1.36. The van der Waals surface area contributed by atoms with E-state index < -0.39 is 5.82 Å². The third kappa shape index (κ3) is 2.42. The number of nitrogens with zero attached hydrogens (tertiary/aromatic N) is 3. The first-order valence-corrected chi connectivity index (χ1v) is 7.35. The van der Waals surface area contributed by atoms with E-state index in [-0.39, 0.29) is 22.7 Å². The maximum Gasteiger partial charge on any atom is 0.276 e. The molecule has 2 heterocycles. The number of nitriles is 1. The number of hydrogen-bond donors (Lipinski definition) is 1. The maximum atomic E-state index is 13.9. The van der Waals surface area contributed by atoms with Gasteiger partial charge in [0.25, 0.3) is 5.56 Å². The lowest BCUT2D eigenvalue weighted by Crippen LogP contribution is -2.22. The molecule has 3 aromatic rings. The number of hydrogen-bond acceptors (Lipinski definition) is 4. The fraction of sp³-hybridized carbons (Fsp3) is 0.235. The van der Waals surface area contributed by atoms with E-state index in [0.29, 0.717) is 22.6 Å². The van der Waals surface area contributed by atoms with Crippen LogP contribution < -0.4 is 10.3 Å². The quantitative estimate of drug-likeness (QED) is 0.802. The Hall–Kier alpha value is -3.14. The largest absolute Gasteiger partial charge is 0.497 e. The van der Waals surface area contributed by atoms with Crippen LogP contribution in [0.2, 0.25) is 0 Å². The fourth-order valence-corrected chi connectivity index (χ4v) is 2.67. The van der Waals surface area contributed by atoms with Crippen molar-refractivity contribution in [3.05, 3.63) is 51.7 Å². The van der Waals surface area contributed by atoms with Crippen LogP contribution in [0.5, 0.6) is 5.75 Å². The Morgan fingerprint density at radius 2 is 2.12 bits per heavy atom.